The van der Waals surface area contributed by atoms with Crippen molar-refractivity contribution in [2.45, 2.75) is 38.6 Å². The maximum atomic E-state index is 5.05. The van der Waals surface area contributed by atoms with Gasteiger partial charge in [-0.1, -0.05) is 62.4 Å². The van der Waals surface area contributed by atoms with Gasteiger partial charge in [0.2, 0.25) is 0 Å². The Labute approximate surface area is 176 Å². The van der Waals surface area contributed by atoms with Crippen molar-refractivity contribution in [3.05, 3.63) is 90.4 Å². The molecule has 0 bridgehead atoms. The predicted octanol–water partition coefficient (Wildman–Crippen LogP) is 5.01. The highest BCUT2D eigenvalue weighted by Gasteiger charge is 2.34. The molecule has 30 heavy (non-hydrogen) atoms. The second-order valence-corrected chi connectivity index (χ2v) is 7.70. The molecule has 2 unspecified atom stereocenters. The zero-order chi connectivity index (χ0) is 20.5. The van der Waals surface area contributed by atoms with Crippen LogP contribution in [0.4, 0.5) is 11.5 Å². The molecule has 1 aliphatic rings. The number of rotatable bonds is 5. The molecule has 4 aromatic rings. The van der Waals surface area contributed by atoms with Crippen LogP contribution < -0.4 is 4.90 Å². The van der Waals surface area contributed by atoms with Crippen LogP contribution in [0.2, 0.25) is 0 Å². The van der Waals surface area contributed by atoms with E-state index in [-0.39, 0.29) is 6.04 Å². The maximum Gasteiger partial charge on any atom is 0.161 e. The lowest BCUT2D eigenvalue weighted by atomic mass is 9.97. The number of hydrogen-bond donors (Lipinski definition) is 0. The maximum absolute atomic E-state index is 5.05. The highest BCUT2D eigenvalue weighted by Crippen LogP contribution is 2.42. The Morgan fingerprint density at radius 3 is 2.47 bits per heavy atom. The van der Waals surface area contributed by atoms with Crippen molar-refractivity contribution in [2.75, 3.05) is 4.90 Å². The van der Waals surface area contributed by atoms with Crippen molar-refractivity contribution in [1.29, 1.82) is 0 Å². The third kappa shape index (κ3) is 3.14. The zero-order valence-electron chi connectivity index (χ0n) is 17.2. The summed E-state index contributed by atoms with van der Waals surface area (Å²) in [6, 6.07) is 21.0. The summed E-state index contributed by atoms with van der Waals surface area (Å²) in [7, 11) is 0. The molecule has 6 heteroatoms. The van der Waals surface area contributed by atoms with Crippen LogP contribution in [0.15, 0.2) is 73.2 Å². The van der Waals surface area contributed by atoms with Crippen molar-refractivity contribution < 1.29 is 0 Å². The molecule has 5 rings (SSSR count). The minimum absolute atomic E-state index is 0.0664. The normalized spacial score (nSPS) is 16.1. The topological polar surface area (TPSA) is 59.7 Å². The molecule has 0 N–H and O–H groups in total. The van der Waals surface area contributed by atoms with Crippen molar-refractivity contribution in [2.24, 2.45) is 0 Å². The first-order valence-electron chi connectivity index (χ1n) is 10.4. The summed E-state index contributed by atoms with van der Waals surface area (Å²) in [4.78, 5) is 12.0. The van der Waals surface area contributed by atoms with E-state index in [1.807, 2.05) is 22.9 Å². The van der Waals surface area contributed by atoms with Crippen LogP contribution in [0.25, 0.3) is 5.69 Å². The fraction of sp³-hybridized carbons (Fsp3) is 0.250. The molecule has 150 valence electrons. The first-order valence-corrected chi connectivity index (χ1v) is 10.4. The zero-order valence-corrected chi connectivity index (χ0v) is 17.2. The first kappa shape index (κ1) is 18.5. The van der Waals surface area contributed by atoms with Gasteiger partial charge in [-0.2, -0.15) is 0 Å². The smallest absolute Gasteiger partial charge is 0.161 e. The molecule has 1 aliphatic heterocycles. The summed E-state index contributed by atoms with van der Waals surface area (Å²) in [5.74, 6) is 3.01. The molecule has 0 aliphatic carbocycles. The average molecular weight is 396 g/mol. The molecule has 2 atom stereocenters. The standard InChI is InChI=1S/C24H24N6/c1-3-20-24-28-26-16-29(24)21-15-25-22(14-17(2)18-10-6-4-7-11-18)27-23(21)30(20)19-12-8-5-9-13-19/h4-13,15-17,20H,3,14H2,1-2H3. The highest BCUT2D eigenvalue weighted by atomic mass is 15.4. The van der Waals surface area contributed by atoms with Gasteiger partial charge in [0.1, 0.15) is 17.8 Å². The molecular weight excluding hydrogens is 372 g/mol. The fourth-order valence-corrected chi connectivity index (χ4v) is 4.20. The Balaban J connectivity index is 1.59. The molecule has 0 radical (unpaired) electrons. The van der Waals surface area contributed by atoms with Gasteiger partial charge in [0, 0.05) is 12.1 Å². The van der Waals surface area contributed by atoms with E-state index in [9.17, 15) is 0 Å². The van der Waals surface area contributed by atoms with Crippen LogP contribution in [-0.2, 0) is 6.42 Å². The summed E-state index contributed by atoms with van der Waals surface area (Å²) in [5.41, 5.74) is 3.31. The minimum atomic E-state index is 0.0664. The van der Waals surface area contributed by atoms with Crippen molar-refractivity contribution in [3.63, 3.8) is 0 Å². The number of nitrogens with zero attached hydrogens (tertiary/aromatic N) is 6. The van der Waals surface area contributed by atoms with Crippen LogP contribution in [0.1, 0.15) is 49.4 Å². The predicted molar refractivity (Wildman–Crippen MR) is 117 cm³/mol. The van der Waals surface area contributed by atoms with Gasteiger partial charge in [0.15, 0.2) is 11.6 Å². The Hall–Kier alpha value is -3.54. The van der Waals surface area contributed by atoms with E-state index < -0.39 is 0 Å². The second kappa shape index (κ2) is 7.71. The van der Waals surface area contributed by atoms with Gasteiger partial charge in [-0.3, -0.25) is 4.57 Å². The van der Waals surface area contributed by atoms with Crippen LogP contribution in [0, 0.1) is 0 Å². The molecule has 6 nitrogen and oxygen atoms in total. The Morgan fingerprint density at radius 1 is 1.00 bits per heavy atom. The number of benzene rings is 2. The average Bonchev–Trinajstić information content (AvgIpc) is 3.29. The van der Waals surface area contributed by atoms with Crippen LogP contribution in [-0.4, -0.2) is 24.7 Å². The van der Waals surface area contributed by atoms with Gasteiger partial charge >= 0.3 is 0 Å². The molecule has 2 aromatic heterocycles. The molecule has 0 fully saturated rings. The lowest BCUT2D eigenvalue weighted by Crippen LogP contribution is -2.32. The van der Waals surface area contributed by atoms with Gasteiger partial charge in [0.05, 0.1) is 12.2 Å². The number of aromatic nitrogens is 5. The Morgan fingerprint density at radius 2 is 1.73 bits per heavy atom. The molecule has 0 saturated heterocycles. The van der Waals surface area contributed by atoms with Crippen molar-refractivity contribution in [1.82, 2.24) is 24.7 Å². The summed E-state index contributed by atoms with van der Waals surface area (Å²) >= 11 is 0. The highest BCUT2D eigenvalue weighted by molar-refractivity contribution is 5.71. The van der Waals surface area contributed by atoms with Gasteiger partial charge in [0.25, 0.3) is 0 Å². The van der Waals surface area contributed by atoms with E-state index in [1.54, 1.807) is 6.33 Å². The summed E-state index contributed by atoms with van der Waals surface area (Å²) in [6.45, 7) is 4.39. The van der Waals surface area contributed by atoms with E-state index in [0.717, 1.165) is 41.7 Å². The van der Waals surface area contributed by atoms with E-state index >= 15 is 0 Å². The van der Waals surface area contributed by atoms with Crippen molar-refractivity contribution >= 4 is 11.5 Å². The van der Waals surface area contributed by atoms with Gasteiger partial charge in [-0.05, 0) is 30.0 Å². The molecular formula is C24H24N6. The Bertz CT molecular complexity index is 1140. The summed E-state index contributed by atoms with van der Waals surface area (Å²) in [6.07, 6.45) is 5.34. The summed E-state index contributed by atoms with van der Waals surface area (Å²) in [5, 5.41) is 8.58. The first-order chi connectivity index (χ1) is 14.8. The third-order valence-corrected chi connectivity index (χ3v) is 5.75. The largest absolute Gasteiger partial charge is 0.314 e. The summed E-state index contributed by atoms with van der Waals surface area (Å²) < 4.78 is 2.02. The quantitative estimate of drug-likeness (QED) is 0.475. The molecule has 0 spiro atoms. The lowest BCUT2D eigenvalue weighted by molar-refractivity contribution is 0.585. The van der Waals surface area contributed by atoms with Gasteiger partial charge in [-0.15, -0.1) is 10.2 Å². The third-order valence-electron chi connectivity index (χ3n) is 5.75. The lowest BCUT2D eigenvalue weighted by Gasteiger charge is -2.36. The number of hydrogen-bond acceptors (Lipinski definition) is 5. The molecule has 3 heterocycles. The van der Waals surface area contributed by atoms with E-state index in [2.05, 4.69) is 77.5 Å². The van der Waals surface area contributed by atoms with E-state index in [1.165, 1.54) is 5.56 Å². The molecule has 0 amide bonds. The Kier molecular flexibility index (Phi) is 4.75. The minimum Gasteiger partial charge on any atom is -0.314 e. The van der Waals surface area contributed by atoms with Crippen LogP contribution in [0.3, 0.4) is 0 Å². The van der Waals surface area contributed by atoms with Gasteiger partial charge < -0.3 is 4.90 Å². The molecule has 0 saturated carbocycles. The van der Waals surface area contributed by atoms with Gasteiger partial charge in [-0.25, -0.2) is 9.97 Å². The van der Waals surface area contributed by atoms with E-state index in [0.29, 0.717) is 5.92 Å². The van der Waals surface area contributed by atoms with Crippen LogP contribution in [0.5, 0.6) is 0 Å². The SMILES string of the molecule is CCC1c2nncn2-c2cnc(CC(C)c3ccccc3)nc2N1c1ccccc1. The number of fused-ring (bicyclic) bond motifs is 3. The monoisotopic (exact) mass is 396 g/mol. The fourth-order valence-electron chi connectivity index (χ4n) is 4.20. The second-order valence-electron chi connectivity index (χ2n) is 7.70. The molecule has 2 aromatic carbocycles. The number of para-hydroxylation sites is 1. The number of anilines is 2. The van der Waals surface area contributed by atoms with Crippen molar-refractivity contribution in [3.8, 4) is 5.69 Å². The van der Waals surface area contributed by atoms with Crippen LogP contribution >= 0.6 is 0 Å². The van der Waals surface area contributed by atoms with E-state index in [4.69, 9.17) is 9.97 Å².